The van der Waals surface area contributed by atoms with Crippen LogP contribution in [0, 0.1) is 0 Å². The molecule has 0 saturated heterocycles. The number of ether oxygens (including phenoxy) is 1. The number of hydrogen-bond acceptors (Lipinski definition) is 4. The van der Waals surface area contributed by atoms with Crippen LogP contribution < -0.4 is 15.8 Å². The lowest BCUT2D eigenvalue weighted by atomic mass is 10.3. The van der Waals surface area contributed by atoms with Crippen molar-refractivity contribution in [1.29, 1.82) is 0 Å². The SMILES string of the molecule is Nc1ccccc1OCCNc1ncc(Br)cc1Br. The monoisotopic (exact) mass is 385 g/mol. The third-order valence-electron chi connectivity index (χ3n) is 2.38. The van der Waals surface area contributed by atoms with E-state index in [2.05, 4.69) is 42.2 Å². The van der Waals surface area contributed by atoms with E-state index in [0.717, 1.165) is 14.8 Å². The highest BCUT2D eigenvalue weighted by atomic mass is 79.9. The van der Waals surface area contributed by atoms with Gasteiger partial charge in [-0.1, -0.05) is 12.1 Å². The molecule has 0 aliphatic heterocycles. The Hall–Kier alpha value is -1.27. The number of benzene rings is 1. The highest BCUT2D eigenvalue weighted by Crippen LogP contribution is 2.23. The smallest absolute Gasteiger partial charge is 0.142 e. The number of aromatic nitrogens is 1. The summed E-state index contributed by atoms with van der Waals surface area (Å²) >= 11 is 6.80. The molecule has 0 atom stereocenters. The largest absolute Gasteiger partial charge is 0.490 e. The molecular weight excluding hydrogens is 374 g/mol. The lowest BCUT2D eigenvalue weighted by Gasteiger charge is -2.10. The third-order valence-corrected chi connectivity index (χ3v) is 3.42. The molecule has 2 aromatic rings. The van der Waals surface area contributed by atoms with E-state index in [9.17, 15) is 0 Å². The normalized spacial score (nSPS) is 10.2. The van der Waals surface area contributed by atoms with E-state index < -0.39 is 0 Å². The van der Waals surface area contributed by atoms with Crippen molar-refractivity contribution in [2.45, 2.75) is 0 Å². The number of halogens is 2. The molecule has 19 heavy (non-hydrogen) atoms. The van der Waals surface area contributed by atoms with Crippen molar-refractivity contribution < 1.29 is 4.74 Å². The van der Waals surface area contributed by atoms with Crippen LogP contribution in [0.1, 0.15) is 0 Å². The lowest BCUT2D eigenvalue weighted by molar-refractivity contribution is 0.334. The Morgan fingerprint density at radius 2 is 2.05 bits per heavy atom. The van der Waals surface area contributed by atoms with Crippen molar-refractivity contribution in [3.8, 4) is 5.75 Å². The molecule has 0 radical (unpaired) electrons. The van der Waals surface area contributed by atoms with Crippen molar-refractivity contribution in [3.63, 3.8) is 0 Å². The molecule has 0 amide bonds. The van der Waals surface area contributed by atoms with Crippen molar-refractivity contribution in [1.82, 2.24) is 4.98 Å². The summed E-state index contributed by atoms with van der Waals surface area (Å²) in [6.07, 6.45) is 1.74. The van der Waals surface area contributed by atoms with Gasteiger partial charge in [-0.05, 0) is 50.1 Å². The first-order chi connectivity index (χ1) is 9.16. The fourth-order valence-corrected chi connectivity index (χ4v) is 2.61. The summed E-state index contributed by atoms with van der Waals surface area (Å²) in [5, 5.41) is 3.19. The van der Waals surface area contributed by atoms with Gasteiger partial charge in [0.1, 0.15) is 18.2 Å². The summed E-state index contributed by atoms with van der Waals surface area (Å²) in [5.74, 6) is 1.49. The van der Waals surface area contributed by atoms with Gasteiger partial charge in [0, 0.05) is 10.7 Å². The van der Waals surface area contributed by atoms with E-state index in [4.69, 9.17) is 10.5 Å². The second-order valence-corrected chi connectivity index (χ2v) is 5.57. The first kappa shape index (κ1) is 14.1. The molecule has 3 N–H and O–H groups in total. The Kier molecular flexibility index (Phi) is 5.04. The first-order valence-electron chi connectivity index (χ1n) is 5.69. The molecule has 0 saturated carbocycles. The van der Waals surface area contributed by atoms with Gasteiger partial charge in [-0.25, -0.2) is 4.98 Å². The van der Waals surface area contributed by atoms with Crippen LogP contribution >= 0.6 is 31.9 Å². The first-order valence-corrected chi connectivity index (χ1v) is 7.27. The van der Waals surface area contributed by atoms with E-state index in [1.807, 2.05) is 30.3 Å². The van der Waals surface area contributed by atoms with Gasteiger partial charge in [0.2, 0.25) is 0 Å². The Bertz CT molecular complexity index is 563. The molecule has 0 spiro atoms. The zero-order chi connectivity index (χ0) is 13.7. The van der Waals surface area contributed by atoms with Crippen molar-refractivity contribution in [2.24, 2.45) is 0 Å². The highest BCUT2D eigenvalue weighted by Gasteiger charge is 2.02. The van der Waals surface area contributed by atoms with E-state index in [1.165, 1.54) is 0 Å². The maximum absolute atomic E-state index is 5.78. The number of para-hydroxylation sites is 2. The van der Waals surface area contributed by atoms with Crippen LogP contribution in [0.5, 0.6) is 5.75 Å². The molecule has 0 aliphatic rings. The van der Waals surface area contributed by atoms with E-state index in [-0.39, 0.29) is 0 Å². The summed E-state index contributed by atoms with van der Waals surface area (Å²) in [6.45, 7) is 1.15. The minimum Gasteiger partial charge on any atom is -0.490 e. The molecule has 1 aromatic carbocycles. The number of pyridine rings is 1. The van der Waals surface area contributed by atoms with Gasteiger partial charge in [-0.2, -0.15) is 0 Å². The van der Waals surface area contributed by atoms with Gasteiger partial charge in [-0.15, -0.1) is 0 Å². The Morgan fingerprint density at radius 1 is 1.26 bits per heavy atom. The maximum atomic E-state index is 5.78. The fraction of sp³-hybridized carbons (Fsp3) is 0.154. The number of nitrogens with one attached hydrogen (secondary N) is 1. The second kappa shape index (κ2) is 6.77. The van der Waals surface area contributed by atoms with Gasteiger partial charge < -0.3 is 15.8 Å². The van der Waals surface area contributed by atoms with Gasteiger partial charge >= 0.3 is 0 Å². The standard InChI is InChI=1S/C13H13Br2N3O/c14-9-7-10(15)13(18-8-9)17-5-6-19-12-4-2-1-3-11(12)16/h1-4,7-8H,5-6,16H2,(H,17,18). The Morgan fingerprint density at radius 3 is 2.79 bits per heavy atom. The number of nitrogens with zero attached hydrogens (tertiary/aromatic N) is 1. The van der Waals surface area contributed by atoms with Crippen LogP contribution in [0.3, 0.4) is 0 Å². The minimum absolute atomic E-state index is 0.512. The minimum atomic E-state index is 0.512. The number of hydrogen-bond donors (Lipinski definition) is 2. The van der Waals surface area contributed by atoms with Gasteiger partial charge in [0.25, 0.3) is 0 Å². The van der Waals surface area contributed by atoms with Crippen LogP contribution in [0.2, 0.25) is 0 Å². The average molecular weight is 387 g/mol. The van der Waals surface area contributed by atoms with Crippen LogP contribution in [-0.2, 0) is 0 Å². The number of nitrogens with two attached hydrogens (primary N) is 1. The molecule has 0 unspecified atom stereocenters. The molecule has 0 aliphatic carbocycles. The van der Waals surface area contributed by atoms with Crippen LogP contribution in [0.25, 0.3) is 0 Å². The maximum Gasteiger partial charge on any atom is 0.142 e. The summed E-state index contributed by atoms with van der Waals surface area (Å²) in [6, 6.07) is 9.37. The molecule has 0 bridgehead atoms. The van der Waals surface area contributed by atoms with E-state index in [1.54, 1.807) is 6.20 Å². The van der Waals surface area contributed by atoms with Crippen LogP contribution in [0.4, 0.5) is 11.5 Å². The van der Waals surface area contributed by atoms with E-state index in [0.29, 0.717) is 24.6 Å². The summed E-state index contributed by atoms with van der Waals surface area (Å²) in [4.78, 5) is 4.25. The number of nitrogen functional groups attached to an aromatic ring is 1. The van der Waals surface area contributed by atoms with E-state index >= 15 is 0 Å². The summed E-state index contributed by atoms with van der Waals surface area (Å²) in [5.41, 5.74) is 6.43. The molecule has 1 aromatic heterocycles. The zero-order valence-corrected chi connectivity index (χ0v) is 13.2. The molecule has 0 fully saturated rings. The predicted molar refractivity (Wildman–Crippen MR) is 84.5 cm³/mol. The topological polar surface area (TPSA) is 60.2 Å². The molecule has 100 valence electrons. The predicted octanol–water partition coefficient (Wildman–Crippen LogP) is 3.68. The van der Waals surface area contributed by atoms with Gasteiger partial charge in [0.05, 0.1) is 16.7 Å². The van der Waals surface area contributed by atoms with Crippen LogP contribution in [0.15, 0.2) is 45.5 Å². The van der Waals surface area contributed by atoms with Crippen molar-refractivity contribution >= 4 is 43.4 Å². The highest BCUT2D eigenvalue weighted by molar-refractivity contribution is 9.11. The van der Waals surface area contributed by atoms with Crippen LogP contribution in [-0.4, -0.2) is 18.1 Å². The number of rotatable bonds is 5. The second-order valence-electron chi connectivity index (χ2n) is 3.80. The van der Waals surface area contributed by atoms with Crippen molar-refractivity contribution in [3.05, 3.63) is 45.5 Å². The third kappa shape index (κ3) is 4.11. The lowest BCUT2D eigenvalue weighted by Crippen LogP contribution is -2.13. The fourth-order valence-electron chi connectivity index (χ4n) is 1.49. The van der Waals surface area contributed by atoms with Gasteiger partial charge in [-0.3, -0.25) is 0 Å². The molecule has 1 heterocycles. The Labute approximate surface area is 128 Å². The molecule has 2 rings (SSSR count). The zero-order valence-electron chi connectivity index (χ0n) is 10.1. The number of anilines is 2. The van der Waals surface area contributed by atoms with Crippen molar-refractivity contribution in [2.75, 3.05) is 24.2 Å². The van der Waals surface area contributed by atoms with Gasteiger partial charge in [0.15, 0.2) is 0 Å². The molecule has 6 heteroatoms. The molecular formula is C13H13Br2N3O. The summed E-state index contributed by atoms with van der Waals surface area (Å²) < 4.78 is 7.41. The average Bonchev–Trinajstić information content (AvgIpc) is 2.38. The quantitative estimate of drug-likeness (QED) is 0.607. The molecule has 4 nitrogen and oxygen atoms in total. The Balaban J connectivity index is 1.83. The summed E-state index contributed by atoms with van der Waals surface area (Å²) in [7, 11) is 0.